The normalized spacial score (nSPS) is 24.3. The predicted octanol–water partition coefficient (Wildman–Crippen LogP) is 5.37. The van der Waals surface area contributed by atoms with Gasteiger partial charge in [-0.1, -0.05) is 13.8 Å². The molecule has 0 amide bonds. The van der Waals surface area contributed by atoms with Gasteiger partial charge in [0.25, 0.3) is 0 Å². The van der Waals surface area contributed by atoms with Crippen LogP contribution in [0.1, 0.15) is 67.4 Å². The fraction of sp³-hybridized carbons (Fsp3) is 0.478. The summed E-state index contributed by atoms with van der Waals surface area (Å²) in [7, 11) is 0. The molecule has 2 atom stereocenters. The maximum atomic E-state index is 4.37. The number of aromatic nitrogens is 4. The largest absolute Gasteiger partial charge is 0.354 e. The van der Waals surface area contributed by atoms with E-state index in [0.717, 1.165) is 29.2 Å². The Morgan fingerprint density at radius 1 is 1.17 bits per heavy atom. The molecule has 0 radical (unpaired) electrons. The molecule has 2 aliphatic heterocycles. The van der Waals surface area contributed by atoms with Gasteiger partial charge < -0.3 is 10.3 Å². The van der Waals surface area contributed by atoms with E-state index in [-0.39, 0.29) is 0 Å². The van der Waals surface area contributed by atoms with Crippen molar-refractivity contribution in [3.63, 3.8) is 0 Å². The lowest BCUT2D eigenvalue weighted by molar-refractivity contribution is 0.366. The number of rotatable bonds is 3. The van der Waals surface area contributed by atoms with Crippen molar-refractivity contribution in [2.75, 3.05) is 0 Å². The maximum Gasteiger partial charge on any atom is 0.158 e. The zero-order valence-corrected chi connectivity index (χ0v) is 18.0. The number of fused-ring (bicyclic) bond motifs is 4. The first-order valence-electron chi connectivity index (χ1n) is 10.8. The lowest BCUT2D eigenvalue weighted by atomic mass is 9.91. The Morgan fingerprint density at radius 2 is 1.97 bits per heavy atom. The van der Waals surface area contributed by atoms with Crippen LogP contribution in [0.25, 0.3) is 27.1 Å². The average Bonchev–Trinajstić information content (AvgIpc) is 3.43. The summed E-state index contributed by atoms with van der Waals surface area (Å²) in [6.45, 7) is 6.71. The van der Waals surface area contributed by atoms with Crippen LogP contribution >= 0.6 is 11.3 Å². The molecule has 4 aromatic rings. The minimum absolute atomic E-state index is 0.459. The van der Waals surface area contributed by atoms with Gasteiger partial charge in [0.2, 0.25) is 0 Å². The molecule has 2 fully saturated rings. The molecule has 2 N–H and O–H groups in total. The third kappa shape index (κ3) is 2.76. The number of hydrogen-bond donors (Lipinski definition) is 2. The Balaban J connectivity index is 1.45. The number of hydrogen-bond acceptors (Lipinski definition) is 4. The first kappa shape index (κ1) is 17.7. The van der Waals surface area contributed by atoms with Gasteiger partial charge in [-0.15, -0.1) is 11.3 Å². The van der Waals surface area contributed by atoms with Crippen LogP contribution in [-0.2, 0) is 0 Å². The molecule has 150 valence electrons. The van der Waals surface area contributed by atoms with Gasteiger partial charge in [0.05, 0.1) is 15.9 Å². The van der Waals surface area contributed by atoms with E-state index in [4.69, 9.17) is 0 Å². The van der Waals surface area contributed by atoms with Crippen molar-refractivity contribution in [3.8, 4) is 11.3 Å². The van der Waals surface area contributed by atoms with Crippen LogP contribution in [0.3, 0.4) is 0 Å². The van der Waals surface area contributed by atoms with E-state index in [1.165, 1.54) is 52.7 Å². The molecule has 6 heterocycles. The molecule has 6 rings (SSSR count). The lowest BCUT2D eigenvalue weighted by Crippen LogP contribution is -2.36. The van der Waals surface area contributed by atoms with Gasteiger partial charge in [-0.3, -0.25) is 0 Å². The number of piperidine rings is 1. The summed E-state index contributed by atoms with van der Waals surface area (Å²) in [5.41, 5.74) is 7.24. The molecular weight excluding hydrogens is 378 g/mol. The van der Waals surface area contributed by atoms with Crippen molar-refractivity contribution in [2.24, 2.45) is 0 Å². The van der Waals surface area contributed by atoms with Crippen LogP contribution in [0, 0.1) is 6.92 Å². The van der Waals surface area contributed by atoms with E-state index in [9.17, 15) is 0 Å². The van der Waals surface area contributed by atoms with Crippen molar-refractivity contribution in [2.45, 2.75) is 70.4 Å². The molecule has 0 spiro atoms. The quantitative estimate of drug-likeness (QED) is 0.482. The topological polar surface area (TPSA) is 58.0 Å². The highest BCUT2D eigenvalue weighted by molar-refractivity contribution is 7.19. The van der Waals surface area contributed by atoms with Crippen molar-refractivity contribution >= 4 is 27.2 Å². The number of pyridine rings is 1. The van der Waals surface area contributed by atoms with E-state index in [0.29, 0.717) is 5.92 Å². The molecular formula is C23H27N5S. The van der Waals surface area contributed by atoms with E-state index in [2.05, 4.69) is 59.5 Å². The SMILES string of the molecule is Cc1cc(-c2[nH]c3cc(C4CC5CCC(C4)N5)sc3c2C(C)C)cn2ncnc12. The minimum Gasteiger partial charge on any atom is -0.354 e. The summed E-state index contributed by atoms with van der Waals surface area (Å²) in [6.07, 6.45) is 9.03. The molecule has 6 heteroatoms. The molecule has 0 aliphatic carbocycles. The van der Waals surface area contributed by atoms with Gasteiger partial charge in [0, 0.05) is 28.7 Å². The van der Waals surface area contributed by atoms with Crippen molar-refractivity contribution < 1.29 is 0 Å². The Morgan fingerprint density at radius 3 is 2.72 bits per heavy atom. The van der Waals surface area contributed by atoms with Crippen molar-refractivity contribution in [1.29, 1.82) is 0 Å². The maximum absolute atomic E-state index is 4.37. The van der Waals surface area contributed by atoms with Gasteiger partial charge >= 0.3 is 0 Å². The molecule has 0 saturated carbocycles. The molecule has 2 aliphatic rings. The Hall–Kier alpha value is -2.18. The number of thiophene rings is 1. The number of aromatic amines is 1. The summed E-state index contributed by atoms with van der Waals surface area (Å²) >= 11 is 2.02. The molecule has 2 saturated heterocycles. The number of aryl methyl sites for hydroxylation is 1. The second-order valence-corrected chi connectivity index (χ2v) is 10.3. The third-order valence-electron chi connectivity index (χ3n) is 6.83. The Bertz CT molecular complexity index is 1200. The summed E-state index contributed by atoms with van der Waals surface area (Å²) in [6, 6.07) is 6.14. The van der Waals surface area contributed by atoms with Crippen LogP contribution in [0.4, 0.5) is 0 Å². The highest BCUT2D eigenvalue weighted by Crippen LogP contribution is 2.45. The van der Waals surface area contributed by atoms with Crippen LogP contribution < -0.4 is 5.32 Å². The zero-order valence-electron chi connectivity index (χ0n) is 17.2. The van der Waals surface area contributed by atoms with Crippen LogP contribution in [0.5, 0.6) is 0 Å². The fourth-order valence-corrected chi connectivity index (χ4v) is 6.96. The second-order valence-electron chi connectivity index (χ2n) is 9.21. The highest BCUT2D eigenvalue weighted by Gasteiger charge is 2.35. The van der Waals surface area contributed by atoms with Gasteiger partial charge in [-0.25, -0.2) is 9.50 Å². The third-order valence-corrected chi connectivity index (χ3v) is 8.16. The van der Waals surface area contributed by atoms with E-state index < -0.39 is 0 Å². The molecule has 5 nitrogen and oxygen atoms in total. The van der Waals surface area contributed by atoms with Gasteiger partial charge in [-0.2, -0.15) is 5.10 Å². The molecule has 2 bridgehead atoms. The van der Waals surface area contributed by atoms with E-state index in [1.807, 2.05) is 15.9 Å². The minimum atomic E-state index is 0.459. The lowest BCUT2D eigenvalue weighted by Gasteiger charge is -2.28. The van der Waals surface area contributed by atoms with E-state index >= 15 is 0 Å². The van der Waals surface area contributed by atoms with Crippen LogP contribution in [-0.4, -0.2) is 31.7 Å². The molecule has 2 unspecified atom stereocenters. The van der Waals surface area contributed by atoms with Gasteiger partial charge in [-0.05, 0) is 67.7 Å². The first-order valence-corrected chi connectivity index (χ1v) is 11.6. The molecule has 0 aromatic carbocycles. The van der Waals surface area contributed by atoms with Crippen molar-refractivity contribution in [1.82, 2.24) is 24.9 Å². The van der Waals surface area contributed by atoms with Crippen molar-refractivity contribution in [3.05, 3.63) is 40.7 Å². The monoisotopic (exact) mass is 405 g/mol. The summed E-state index contributed by atoms with van der Waals surface area (Å²) in [5, 5.41) is 8.14. The number of nitrogens with one attached hydrogen (secondary N) is 2. The summed E-state index contributed by atoms with van der Waals surface area (Å²) in [5.74, 6) is 1.18. The smallest absolute Gasteiger partial charge is 0.158 e. The number of H-pyrrole nitrogens is 1. The Kier molecular flexibility index (Phi) is 3.90. The number of nitrogens with zero attached hydrogens (tertiary/aromatic N) is 3. The summed E-state index contributed by atoms with van der Waals surface area (Å²) < 4.78 is 3.33. The standard InChI is InChI=1S/C23H27N5S/c1-12(2)20-21(15-6-13(3)23-24-11-25-28(23)10-15)27-18-9-19(29-22(18)20)14-7-16-4-5-17(8-14)26-16/h6,9-12,14,16-17,26-27H,4-5,7-8H2,1-3H3. The fourth-order valence-electron chi connectivity index (χ4n) is 5.52. The Labute approximate surface area is 174 Å². The first-order chi connectivity index (χ1) is 14.1. The van der Waals surface area contributed by atoms with Crippen LogP contribution in [0.15, 0.2) is 24.7 Å². The van der Waals surface area contributed by atoms with Crippen LogP contribution in [0.2, 0.25) is 0 Å². The van der Waals surface area contributed by atoms with E-state index in [1.54, 1.807) is 11.2 Å². The molecule has 29 heavy (non-hydrogen) atoms. The van der Waals surface area contributed by atoms with Gasteiger partial charge in [0.1, 0.15) is 6.33 Å². The highest BCUT2D eigenvalue weighted by atomic mass is 32.1. The second kappa shape index (κ2) is 6.41. The predicted molar refractivity (Wildman–Crippen MR) is 119 cm³/mol. The average molecular weight is 406 g/mol. The zero-order chi connectivity index (χ0) is 19.7. The van der Waals surface area contributed by atoms with Gasteiger partial charge in [0.15, 0.2) is 5.65 Å². The molecule has 4 aromatic heterocycles. The summed E-state index contributed by atoms with van der Waals surface area (Å²) in [4.78, 5) is 9.71.